The zero-order chi connectivity index (χ0) is 24.3. The fraction of sp³-hybridized carbons (Fsp3) is 0.0385. The summed E-state index contributed by atoms with van der Waals surface area (Å²) in [5, 5.41) is 0. The number of benzene rings is 2. The topological polar surface area (TPSA) is 107 Å². The number of hydrogen-bond acceptors (Lipinski definition) is 7. The molecule has 0 bridgehead atoms. The Balaban J connectivity index is 1.36. The number of nitrogens with zero attached hydrogens (tertiary/aromatic N) is 3. The maximum atomic E-state index is 12.7. The van der Waals surface area contributed by atoms with Crippen LogP contribution in [0.4, 0.5) is 5.69 Å². The molecule has 0 aliphatic heterocycles. The van der Waals surface area contributed by atoms with Crippen LogP contribution < -0.4 is 9.46 Å². The van der Waals surface area contributed by atoms with Crippen LogP contribution in [0.2, 0.25) is 0 Å². The third kappa shape index (κ3) is 5.04. The van der Waals surface area contributed by atoms with E-state index >= 15 is 0 Å². The minimum absolute atomic E-state index is 0.164. The van der Waals surface area contributed by atoms with Gasteiger partial charge in [0.15, 0.2) is 11.2 Å². The van der Waals surface area contributed by atoms with Crippen LogP contribution in [-0.4, -0.2) is 30.5 Å². The van der Waals surface area contributed by atoms with Crippen molar-refractivity contribution in [1.82, 2.24) is 15.0 Å². The minimum atomic E-state index is -3.69. The highest BCUT2D eigenvalue weighted by Crippen LogP contribution is 2.26. The number of nitrogens with one attached hydrogen (secondary N) is 1. The van der Waals surface area contributed by atoms with Crippen molar-refractivity contribution < 1.29 is 17.6 Å². The van der Waals surface area contributed by atoms with Crippen molar-refractivity contribution in [2.45, 2.75) is 4.90 Å². The van der Waals surface area contributed by atoms with Crippen molar-refractivity contribution in [3.8, 4) is 16.9 Å². The number of ether oxygens (including phenoxy) is 1. The van der Waals surface area contributed by atoms with Gasteiger partial charge in [0.1, 0.15) is 5.75 Å². The molecule has 5 rings (SSSR count). The smallest absolute Gasteiger partial charge is 0.261 e. The molecule has 0 saturated heterocycles. The van der Waals surface area contributed by atoms with Crippen LogP contribution in [0.15, 0.2) is 94.5 Å². The molecule has 0 saturated carbocycles. The fourth-order valence-electron chi connectivity index (χ4n) is 3.41. The van der Waals surface area contributed by atoms with Crippen LogP contribution in [0.25, 0.3) is 34.5 Å². The van der Waals surface area contributed by atoms with Crippen LogP contribution in [0.5, 0.6) is 5.75 Å². The van der Waals surface area contributed by atoms with E-state index in [-0.39, 0.29) is 4.90 Å². The van der Waals surface area contributed by atoms with Gasteiger partial charge in [0, 0.05) is 35.8 Å². The summed E-state index contributed by atoms with van der Waals surface area (Å²) in [6, 6.07) is 20.7. The molecular formula is C26H20N4O4S. The van der Waals surface area contributed by atoms with Crippen LogP contribution >= 0.6 is 0 Å². The molecule has 2 aromatic carbocycles. The fourth-order valence-corrected chi connectivity index (χ4v) is 4.47. The van der Waals surface area contributed by atoms with Gasteiger partial charge in [-0.15, -0.1) is 0 Å². The quantitative estimate of drug-likeness (QED) is 0.335. The summed E-state index contributed by atoms with van der Waals surface area (Å²) in [5.74, 6) is 1.10. The van der Waals surface area contributed by atoms with Crippen LogP contribution in [-0.2, 0) is 10.0 Å². The number of fused-ring (bicyclic) bond motifs is 1. The Morgan fingerprint density at radius 2 is 1.71 bits per heavy atom. The predicted octanol–water partition coefficient (Wildman–Crippen LogP) is 5.26. The van der Waals surface area contributed by atoms with Crippen molar-refractivity contribution in [2.24, 2.45) is 0 Å². The molecular weight excluding hydrogens is 464 g/mol. The highest BCUT2D eigenvalue weighted by molar-refractivity contribution is 7.92. The Morgan fingerprint density at radius 1 is 0.914 bits per heavy atom. The SMILES string of the molecule is COc1ccnc(C=Cc2nc3ncc(-c4ccc(S(=O)(=O)Nc5ccccc5)cc4)cc3o2)c1. The zero-order valence-electron chi connectivity index (χ0n) is 18.6. The Hall–Kier alpha value is -4.50. The summed E-state index contributed by atoms with van der Waals surface area (Å²) in [6.45, 7) is 0. The van der Waals surface area contributed by atoms with Gasteiger partial charge in [-0.05, 0) is 48.0 Å². The average Bonchev–Trinajstić information content (AvgIpc) is 3.30. The standard InChI is InChI=1S/C26H20N4O4S/c1-33-22-13-14-27-21(16-22)9-12-25-29-26-24(34-25)15-19(17-28-26)18-7-10-23(11-8-18)35(31,32)30-20-5-3-2-4-6-20/h2-17,30H,1H3. The van der Waals surface area contributed by atoms with Crippen LogP contribution in [0, 0.1) is 0 Å². The number of sulfonamides is 1. The lowest BCUT2D eigenvalue weighted by molar-refractivity contribution is 0.414. The Kier molecular flexibility index (Phi) is 5.99. The van der Waals surface area contributed by atoms with E-state index in [0.717, 1.165) is 11.1 Å². The molecule has 0 aliphatic rings. The highest BCUT2D eigenvalue weighted by Gasteiger charge is 2.15. The Labute approximate surface area is 202 Å². The van der Waals surface area contributed by atoms with Gasteiger partial charge in [0.05, 0.1) is 17.7 Å². The lowest BCUT2D eigenvalue weighted by Gasteiger charge is -2.08. The summed E-state index contributed by atoms with van der Waals surface area (Å²) in [4.78, 5) is 13.2. The molecule has 174 valence electrons. The maximum Gasteiger partial charge on any atom is 0.261 e. The van der Waals surface area contributed by atoms with Gasteiger partial charge in [-0.25, -0.2) is 13.4 Å². The molecule has 0 unspecified atom stereocenters. The molecule has 0 spiro atoms. The predicted molar refractivity (Wildman–Crippen MR) is 134 cm³/mol. The number of para-hydroxylation sites is 1. The number of hydrogen-bond donors (Lipinski definition) is 1. The van der Waals surface area contributed by atoms with E-state index in [0.29, 0.717) is 34.3 Å². The van der Waals surface area contributed by atoms with Gasteiger partial charge < -0.3 is 9.15 Å². The van der Waals surface area contributed by atoms with E-state index in [4.69, 9.17) is 9.15 Å². The van der Waals surface area contributed by atoms with Crippen molar-refractivity contribution in [3.63, 3.8) is 0 Å². The summed E-state index contributed by atoms with van der Waals surface area (Å²) in [6.07, 6.45) is 6.82. The van der Waals surface area contributed by atoms with Gasteiger partial charge >= 0.3 is 0 Å². The van der Waals surface area contributed by atoms with Crippen LogP contribution in [0.3, 0.4) is 0 Å². The van der Waals surface area contributed by atoms with Crippen molar-refractivity contribution >= 4 is 39.1 Å². The third-order valence-corrected chi connectivity index (χ3v) is 6.57. The third-order valence-electron chi connectivity index (χ3n) is 5.17. The molecule has 0 atom stereocenters. The second kappa shape index (κ2) is 9.40. The van der Waals surface area contributed by atoms with Crippen molar-refractivity contribution in [1.29, 1.82) is 0 Å². The molecule has 3 heterocycles. The first-order chi connectivity index (χ1) is 17.0. The molecule has 0 amide bonds. The van der Waals surface area contributed by atoms with Crippen molar-refractivity contribution in [3.05, 3.63) is 96.8 Å². The number of oxazole rings is 1. The molecule has 3 aromatic heterocycles. The number of rotatable bonds is 7. The molecule has 35 heavy (non-hydrogen) atoms. The van der Waals surface area contributed by atoms with Gasteiger partial charge in [-0.3, -0.25) is 9.71 Å². The second-order valence-corrected chi connectivity index (χ2v) is 9.23. The van der Waals surface area contributed by atoms with Crippen LogP contribution in [0.1, 0.15) is 11.6 Å². The highest BCUT2D eigenvalue weighted by atomic mass is 32.2. The normalized spacial score (nSPS) is 11.7. The van der Waals surface area contributed by atoms with E-state index in [1.807, 2.05) is 12.1 Å². The Morgan fingerprint density at radius 3 is 2.49 bits per heavy atom. The van der Waals surface area contributed by atoms with E-state index in [2.05, 4.69) is 19.7 Å². The molecule has 8 nitrogen and oxygen atoms in total. The number of anilines is 1. The largest absolute Gasteiger partial charge is 0.497 e. The zero-order valence-corrected chi connectivity index (χ0v) is 19.4. The number of methoxy groups -OCH3 is 1. The summed E-state index contributed by atoms with van der Waals surface area (Å²) in [5.41, 5.74) is 3.77. The molecule has 5 aromatic rings. The second-order valence-electron chi connectivity index (χ2n) is 7.55. The first-order valence-corrected chi connectivity index (χ1v) is 12.1. The van der Waals surface area contributed by atoms with E-state index in [9.17, 15) is 8.42 Å². The number of pyridine rings is 2. The summed E-state index contributed by atoms with van der Waals surface area (Å²) < 4.78 is 38.9. The lowest BCUT2D eigenvalue weighted by Crippen LogP contribution is -2.12. The Bertz CT molecular complexity index is 1610. The monoisotopic (exact) mass is 484 g/mol. The first-order valence-electron chi connectivity index (χ1n) is 10.6. The molecule has 9 heteroatoms. The van der Waals surface area contributed by atoms with Gasteiger partial charge in [0.25, 0.3) is 10.0 Å². The maximum absolute atomic E-state index is 12.7. The van der Waals surface area contributed by atoms with Crippen molar-refractivity contribution in [2.75, 3.05) is 11.8 Å². The summed E-state index contributed by atoms with van der Waals surface area (Å²) >= 11 is 0. The van der Waals surface area contributed by atoms with E-state index in [1.54, 1.807) is 92.3 Å². The number of aromatic nitrogens is 3. The molecule has 0 aliphatic carbocycles. The van der Waals surface area contributed by atoms with E-state index in [1.165, 1.54) is 0 Å². The molecule has 0 radical (unpaired) electrons. The van der Waals surface area contributed by atoms with Gasteiger partial charge in [0.2, 0.25) is 5.89 Å². The van der Waals surface area contributed by atoms with Gasteiger partial charge in [-0.2, -0.15) is 4.98 Å². The first kappa shape index (κ1) is 22.3. The molecule has 1 N–H and O–H groups in total. The lowest BCUT2D eigenvalue weighted by atomic mass is 10.1. The summed E-state index contributed by atoms with van der Waals surface area (Å²) in [7, 11) is -2.09. The average molecular weight is 485 g/mol. The molecule has 0 fully saturated rings. The minimum Gasteiger partial charge on any atom is -0.497 e. The van der Waals surface area contributed by atoms with E-state index < -0.39 is 10.0 Å². The van der Waals surface area contributed by atoms with Gasteiger partial charge in [-0.1, -0.05) is 30.3 Å².